The van der Waals surface area contributed by atoms with E-state index >= 15 is 0 Å². The minimum absolute atomic E-state index is 0.212. The highest BCUT2D eigenvalue weighted by Gasteiger charge is 2.21. The van der Waals surface area contributed by atoms with Gasteiger partial charge in [0.15, 0.2) is 0 Å². The molecule has 0 aromatic heterocycles. The zero-order chi connectivity index (χ0) is 9.68. The van der Waals surface area contributed by atoms with E-state index in [2.05, 4.69) is 6.42 Å². The van der Waals surface area contributed by atoms with Crippen LogP contribution < -0.4 is 0 Å². The topological polar surface area (TPSA) is 57.5 Å². The Morgan fingerprint density at radius 2 is 2.31 bits per heavy atom. The van der Waals surface area contributed by atoms with Gasteiger partial charge in [0.25, 0.3) is 0 Å². The smallest absolute Gasteiger partial charge is 0.303 e. The fourth-order valence-corrected chi connectivity index (χ4v) is 1.95. The molecular weight excluding hydrogens is 168 g/mol. The largest absolute Gasteiger partial charge is 0.481 e. The van der Waals surface area contributed by atoms with Crippen molar-refractivity contribution in [2.24, 2.45) is 11.8 Å². The number of aliphatic hydroxyl groups is 1. The van der Waals surface area contributed by atoms with Crippen molar-refractivity contribution in [3.05, 3.63) is 6.42 Å². The minimum Gasteiger partial charge on any atom is -0.481 e. The third-order valence-corrected chi connectivity index (χ3v) is 2.71. The lowest BCUT2D eigenvalue weighted by Gasteiger charge is -2.27. The lowest BCUT2D eigenvalue weighted by atomic mass is 9.80. The molecule has 0 aromatic rings. The van der Waals surface area contributed by atoms with Crippen LogP contribution in [-0.4, -0.2) is 22.8 Å². The zero-order valence-corrected chi connectivity index (χ0v) is 7.78. The molecule has 0 bridgehead atoms. The average molecular weight is 185 g/mol. The van der Waals surface area contributed by atoms with Gasteiger partial charge in [0.2, 0.25) is 0 Å². The highest BCUT2D eigenvalue weighted by molar-refractivity contribution is 5.66. The van der Waals surface area contributed by atoms with Crippen molar-refractivity contribution < 1.29 is 15.0 Å². The second kappa shape index (κ2) is 5.22. The summed E-state index contributed by atoms with van der Waals surface area (Å²) >= 11 is 0. The molecule has 3 heteroatoms. The van der Waals surface area contributed by atoms with E-state index in [1.807, 2.05) is 0 Å². The Kier molecular flexibility index (Phi) is 4.22. The molecule has 0 spiro atoms. The molecule has 1 fully saturated rings. The van der Waals surface area contributed by atoms with E-state index in [1.54, 1.807) is 0 Å². The standard InChI is InChI=1S/C10H17O3/c11-7-9-3-1-2-8(6-9)4-5-10(12)13/h3,8-9,11H,1-2,4-7H2,(H,12,13). The van der Waals surface area contributed by atoms with Crippen LogP contribution in [0.3, 0.4) is 0 Å². The van der Waals surface area contributed by atoms with Crippen LogP contribution >= 0.6 is 0 Å². The molecule has 1 rings (SSSR count). The van der Waals surface area contributed by atoms with Gasteiger partial charge < -0.3 is 10.2 Å². The number of rotatable bonds is 4. The molecule has 0 aromatic carbocycles. The van der Waals surface area contributed by atoms with E-state index in [0.29, 0.717) is 11.8 Å². The molecule has 2 N–H and O–H groups in total. The van der Waals surface area contributed by atoms with Gasteiger partial charge in [0, 0.05) is 13.0 Å². The van der Waals surface area contributed by atoms with Crippen molar-refractivity contribution in [3.8, 4) is 0 Å². The van der Waals surface area contributed by atoms with Gasteiger partial charge in [-0.3, -0.25) is 4.79 Å². The second-order valence-electron chi connectivity index (χ2n) is 3.79. The molecule has 75 valence electrons. The van der Waals surface area contributed by atoms with Gasteiger partial charge in [-0.1, -0.05) is 6.42 Å². The van der Waals surface area contributed by atoms with Crippen LogP contribution in [0.25, 0.3) is 0 Å². The summed E-state index contributed by atoms with van der Waals surface area (Å²) in [6.45, 7) is 0.212. The van der Waals surface area contributed by atoms with Crippen LogP contribution in [-0.2, 0) is 4.79 Å². The SMILES string of the molecule is O=C(O)CCC1CC[CH]C(CO)C1. The molecule has 1 radical (unpaired) electrons. The quantitative estimate of drug-likeness (QED) is 0.697. The summed E-state index contributed by atoms with van der Waals surface area (Å²) in [4.78, 5) is 10.3. The fraction of sp³-hybridized carbons (Fsp3) is 0.800. The van der Waals surface area contributed by atoms with E-state index in [4.69, 9.17) is 10.2 Å². The monoisotopic (exact) mass is 185 g/mol. The fourth-order valence-electron chi connectivity index (χ4n) is 1.95. The summed E-state index contributed by atoms with van der Waals surface area (Å²) in [5.41, 5.74) is 0. The molecule has 3 nitrogen and oxygen atoms in total. The van der Waals surface area contributed by atoms with Crippen molar-refractivity contribution in [1.82, 2.24) is 0 Å². The predicted molar refractivity (Wildman–Crippen MR) is 49.1 cm³/mol. The molecule has 0 heterocycles. The van der Waals surface area contributed by atoms with Crippen LogP contribution in [0.4, 0.5) is 0 Å². The van der Waals surface area contributed by atoms with Gasteiger partial charge in [-0.25, -0.2) is 0 Å². The Balaban J connectivity index is 2.21. The zero-order valence-electron chi connectivity index (χ0n) is 7.78. The van der Waals surface area contributed by atoms with Gasteiger partial charge in [-0.2, -0.15) is 0 Å². The second-order valence-corrected chi connectivity index (χ2v) is 3.79. The summed E-state index contributed by atoms with van der Waals surface area (Å²) in [7, 11) is 0. The van der Waals surface area contributed by atoms with Crippen LogP contribution in [0.15, 0.2) is 0 Å². The van der Waals surface area contributed by atoms with E-state index in [0.717, 1.165) is 25.7 Å². The van der Waals surface area contributed by atoms with Gasteiger partial charge in [-0.05, 0) is 37.5 Å². The highest BCUT2D eigenvalue weighted by atomic mass is 16.4. The number of hydrogen-bond donors (Lipinski definition) is 2. The van der Waals surface area contributed by atoms with E-state index < -0.39 is 5.97 Å². The normalized spacial score (nSPS) is 28.7. The number of carboxylic acids is 1. The number of carboxylic acid groups (broad SMARTS) is 1. The Morgan fingerprint density at radius 3 is 2.92 bits per heavy atom. The number of carbonyl (C=O) groups is 1. The van der Waals surface area contributed by atoms with Crippen molar-refractivity contribution in [1.29, 1.82) is 0 Å². The van der Waals surface area contributed by atoms with Crippen molar-refractivity contribution in [3.63, 3.8) is 0 Å². The highest BCUT2D eigenvalue weighted by Crippen LogP contribution is 2.30. The summed E-state index contributed by atoms with van der Waals surface area (Å²) in [5.74, 6) is 0.0842. The Bertz CT molecular complexity index is 168. The maximum absolute atomic E-state index is 10.3. The first-order valence-electron chi connectivity index (χ1n) is 4.88. The number of aliphatic hydroxyl groups excluding tert-OH is 1. The molecule has 0 amide bonds. The summed E-state index contributed by atoms with van der Waals surface area (Å²) in [6, 6.07) is 0. The van der Waals surface area contributed by atoms with Gasteiger partial charge in [0.05, 0.1) is 0 Å². The van der Waals surface area contributed by atoms with Crippen LogP contribution in [0.5, 0.6) is 0 Å². The minimum atomic E-state index is -0.713. The Morgan fingerprint density at radius 1 is 1.54 bits per heavy atom. The molecule has 0 aliphatic heterocycles. The third-order valence-electron chi connectivity index (χ3n) is 2.71. The first-order chi connectivity index (χ1) is 6.22. The predicted octanol–water partition coefficient (Wildman–Crippen LogP) is 1.46. The molecule has 1 aliphatic carbocycles. The first-order valence-corrected chi connectivity index (χ1v) is 4.88. The number of hydrogen-bond acceptors (Lipinski definition) is 2. The molecule has 13 heavy (non-hydrogen) atoms. The molecule has 2 unspecified atom stereocenters. The van der Waals surface area contributed by atoms with Crippen molar-refractivity contribution >= 4 is 5.97 Å². The van der Waals surface area contributed by atoms with E-state index in [9.17, 15) is 4.79 Å². The summed E-state index contributed by atoms with van der Waals surface area (Å²) in [5, 5.41) is 17.4. The summed E-state index contributed by atoms with van der Waals surface area (Å²) in [6.07, 6.45) is 6.25. The Hall–Kier alpha value is -0.570. The van der Waals surface area contributed by atoms with Crippen LogP contribution in [0, 0.1) is 18.3 Å². The average Bonchev–Trinajstić information content (AvgIpc) is 2.15. The molecule has 2 atom stereocenters. The van der Waals surface area contributed by atoms with E-state index in [-0.39, 0.29) is 13.0 Å². The molecule has 1 aliphatic rings. The maximum atomic E-state index is 10.3. The Labute approximate surface area is 78.8 Å². The van der Waals surface area contributed by atoms with Crippen LogP contribution in [0.2, 0.25) is 0 Å². The van der Waals surface area contributed by atoms with Gasteiger partial charge >= 0.3 is 5.97 Å². The van der Waals surface area contributed by atoms with Crippen molar-refractivity contribution in [2.45, 2.75) is 32.1 Å². The van der Waals surface area contributed by atoms with Crippen molar-refractivity contribution in [2.75, 3.05) is 6.61 Å². The third kappa shape index (κ3) is 3.77. The molecule has 0 saturated heterocycles. The maximum Gasteiger partial charge on any atom is 0.303 e. The first kappa shape index (κ1) is 10.5. The number of aliphatic carboxylic acids is 1. The lowest BCUT2D eigenvalue weighted by molar-refractivity contribution is -0.137. The molecule has 1 saturated carbocycles. The van der Waals surface area contributed by atoms with Gasteiger partial charge in [-0.15, -0.1) is 0 Å². The van der Waals surface area contributed by atoms with E-state index in [1.165, 1.54) is 0 Å². The molecular formula is C10H17O3. The summed E-state index contributed by atoms with van der Waals surface area (Å²) < 4.78 is 0. The van der Waals surface area contributed by atoms with Crippen LogP contribution in [0.1, 0.15) is 32.1 Å². The van der Waals surface area contributed by atoms with Gasteiger partial charge in [0.1, 0.15) is 0 Å². The lowest BCUT2D eigenvalue weighted by Crippen LogP contribution is -2.19.